The highest BCUT2D eigenvalue weighted by Gasteiger charge is 2.28. The second kappa shape index (κ2) is 11.9. The highest BCUT2D eigenvalue weighted by Crippen LogP contribution is 2.19. The van der Waals surface area contributed by atoms with Crippen LogP contribution in [0.25, 0.3) is 0 Å². The lowest BCUT2D eigenvalue weighted by Gasteiger charge is -2.22. The Balaban J connectivity index is 2.45. The molecule has 0 heterocycles. The molecule has 8 nitrogen and oxygen atoms in total. The van der Waals surface area contributed by atoms with Gasteiger partial charge in [-0.15, -0.1) is 0 Å². The van der Waals surface area contributed by atoms with Crippen molar-refractivity contribution in [1.29, 1.82) is 0 Å². The Morgan fingerprint density at radius 2 is 1.38 bits per heavy atom. The fourth-order valence-corrected chi connectivity index (χ4v) is 3.03. The van der Waals surface area contributed by atoms with E-state index in [2.05, 4.69) is 10.3 Å². The number of hydrogen-bond donors (Lipinski definition) is 2. The van der Waals surface area contributed by atoms with Crippen molar-refractivity contribution in [3.8, 4) is 11.5 Å². The van der Waals surface area contributed by atoms with Crippen LogP contribution in [0.2, 0.25) is 0 Å². The summed E-state index contributed by atoms with van der Waals surface area (Å²) < 4.78 is 15.2. The van der Waals surface area contributed by atoms with Crippen LogP contribution in [0.3, 0.4) is 0 Å². The first kappa shape index (κ1) is 24.9. The summed E-state index contributed by atoms with van der Waals surface area (Å²) in [5.41, 5.74) is 1.97. The summed E-state index contributed by atoms with van der Waals surface area (Å²) in [6.07, 6.45) is 0. The van der Waals surface area contributed by atoms with Crippen LogP contribution in [0, 0.1) is 5.92 Å². The molecule has 2 rings (SSSR count). The maximum absolute atomic E-state index is 12.9. The predicted molar refractivity (Wildman–Crippen MR) is 121 cm³/mol. The predicted octanol–water partition coefficient (Wildman–Crippen LogP) is 2.22. The monoisotopic (exact) mass is 442 g/mol. The SMILES string of the molecule is COC(=O)[C@@H](NC(=O)[C@H](CO)N=C(c1ccc(OC)cc1)c1ccc(OC)cc1)C(C)C. The Morgan fingerprint density at radius 1 is 0.906 bits per heavy atom. The molecule has 0 spiro atoms. The van der Waals surface area contributed by atoms with Crippen molar-refractivity contribution in [3.63, 3.8) is 0 Å². The van der Waals surface area contributed by atoms with Crippen LogP contribution < -0.4 is 14.8 Å². The van der Waals surface area contributed by atoms with Gasteiger partial charge in [0.15, 0.2) is 6.04 Å². The second-order valence-electron chi connectivity index (χ2n) is 7.39. The van der Waals surface area contributed by atoms with Gasteiger partial charge in [-0.3, -0.25) is 9.79 Å². The summed E-state index contributed by atoms with van der Waals surface area (Å²) in [5, 5.41) is 12.6. The fraction of sp³-hybridized carbons (Fsp3) is 0.375. The largest absolute Gasteiger partial charge is 0.497 e. The summed E-state index contributed by atoms with van der Waals surface area (Å²) in [7, 11) is 4.41. The van der Waals surface area contributed by atoms with Crippen molar-refractivity contribution in [3.05, 3.63) is 59.7 Å². The summed E-state index contributed by atoms with van der Waals surface area (Å²) in [5.74, 6) is 0.0299. The van der Waals surface area contributed by atoms with Crippen molar-refractivity contribution < 1.29 is 28.9 Å². The number of carbonyl (C=O) groups is 2. The maximum Gasteiger partial charge on any atom is 0.328 e. The Hall–Kier alpha value is -3.39. The van der Waals surface area contributed by atoms with E-state index in [1.54, 1.807) is 52.3 Å². The smallest absolute Gasteiger partial charge is 0.328 e. The highest BCUT2D eigenvalue weighted by atomic mass is 16.5. The minimum Gasteiger partial charge on any atom is -0.497 e. The highest BCUT2D eigenvalue weighted by molar-refractivity contribution is 6.13. The van der Waals surface area contributed by atoms with Crippen LogP contribution in [-0.2, 0) is 14.3 Å². The lowest BCUT2D eigenvalue weighted by atomic mass is 10.0. The molecule has 1 amide bonds. The molecule has 172 valence electrons. The number of ether oxygens (including phenoxy) is 3. The molecule has 2 aromatic rings. The zero-order valence-electron chi connectivity index (χ0n) is 19.0. The molecule has 0 saturated heterocycles. The molecular weight excluding hydrogens is 412 g/mol. The summed E-state index contributed by atoms with van der Waals surface area (Å²) in [4.78, 5) is 29.5. The molecule has 0 aliphatic heterocycles. The topological polar surface area (TPSA) is 106 Å². The number of benzene rings is 2. The minimum absolute atomic E-state index is 0.197. The van der Waals surface area contributed by atoms with Gasteiger partial charge >= 0.3 is 5.97 Å². The average Bonchev–Trinajstić information content (AvgIpc) is 2.82. The standard InChI is InChI=1S/C24H30N2O6/c1-15(2)21(24(29)32-5)26-23(28)20(14-27)25-22(16-6-10-18(30-3)11-7-16)17-8-12-19(31-4)13-9-17/h6-13,15,20-21,27H,14H2,1-5H3,(H,26,28)/t20-,21-/m0/s1. The van der Waals surface area contributed by atoms with Crippen LogP contribution >= 0.6 is 0 Å². The summed E-state index contributed by atoms with van der Waals surface area (Å²) in [6, 6.07) is 12.5. The van der Waals surface area contributed by atoms with Gasteiger partial charge in [-0.05, 0) is 54.4 Å². The van der Waals surface area contributed by atoms with E-state index in [9.17, 15) is 14.7 Å². The first-order valence-corrected chi connectivity index (χ1v) is 10.2. The molecule has 0 saturated carbocycles. The van der Waals surface area contributed by atoms with E-state index in [4.69, 9.17) is 14.2 Å². The Kier molecular flexibility index (Phi) is 9.22. The molecule has 0 radical (unpaired) electrons. The van der Waals surface area contributed by atoms with Crippen LogP contribution in [0.15, 0.2) is 53.5 Å². The Bertz CT molecular complexity index is 873. The number of nitrogens with zero attached hydrogens (tertiary/aromatic N) is 1. The number of aliphatic imine (C=N–C) groups is 1. The summed E-state index contributed by atoms with van der Waals surface area (Å²) >= 11 is 0. The van der Waals surface area contributed by atoms with Gasteiger partial charge in [0.25, 0.3) is 0 Å². The van der Waals surface area contributed by atoms with Gasteiger partial charge in [0, 0.05) is 11.1 Å². The van der Waals surface area contributed by atoms with Crippen molar-refractivity contribution in [1.82, 2.24) is 5.32 Å². The third kappa shape index (κ3) is 6.31. The third-order valence-electron chi connectivity index (χ3n) is 4.91. The molecule has 0 fully saturated rings. The molecule has 0 bridgehead atoms. The number of carbonyl (C=O) groups excluding carboxylic acids is 2. The number of methoxy groups -OCH3 is 3. The number of aliphatic hydroxyl groups is 1. The van der Waals surface area contributed by atoms with Crippen molar-refractivity contribution in [2.45, 2.75) is 25.9 Å². The number of nitrogens with one attached hydrogen (secondary N) is 1. The normalized spacial score (nSPS) is 12.5. The van der Waals surface area contributed by atoms with Gasteiger partial charge in [0.1, 0.15) is 17.5 Å². The second-order valence-corrected chi connectivity index (χ2v) is 7.39. The van der Waals surface area contributed by atoms with Gasteiger partial charge < -0.3 is 24.6 Å². The number of esters is 1. The van der Waals surface area contributed by atoms with Crippen LogP contribution in [0.4, 0.5) is 0 Å². The number of amides is 1. The molecule has 2 N–H and O–H groups in total. The van der Waals surface area contributed by atoms with E-state index in [-0.39, 0.29) is 5.92 Å². The quantitative estimate of drug-likeness (QED) is 0.432. The molecular formula is C24H30N2O6. The minimum atomic E-state index is -1.12. The van der Waals surface area contributed by atoms with Gasteiger partial charge in [-0.1, -0.05) is 13.8 Å². The van der Waals surface area contributed by atoms with E-state index in [0.717, 1.165) is 11.1 Å². The zero-order valence-corrected chi connectivity index (χ0v) is 19.0. The molecule has 2 atom stereocenters. The van der Waals surface area contributed by atoms with Gasteiger partial charge in [-0.2, -0.15) is 0 Å². The van der Waals surface area contributed by atoms with Gasteiger partial charge in [-0.25, -0.2) is 4.79 Å². The Morgan fingerprint density at radius 3 is 1.72 bits per heavy atom. The van der Waals surface area contributed by atoms with Crippen LogP contribution in [-0.4, -0.2) is 62.7 Å². The molecule has 0 unspecified atom stereocenters. The van der Waals surface area contributed by atoms with E-state index >= 15 is 0 Å². The fourth-order valence-electron chi connectivity index (χ4n) is 3.03. The summed E-state index contributed by atoms with van der Waals surface area (Å²) in [6.45, 7) is 3.05. The average molecular weight is 443 g/mol. The molecule has 0 aromatic heterocycles. The molecule has 8 heteroatoms. The van der Waals surface area contributed by atoms with E-state index in [1.807, 2.05) is 24.3 Å². The number of aliphatic hydroxyl groups excluding tert-OH is 1. The van der Waals surface area contributed by atoms with Crippen LogP contribution in [0.5, 0.6) is 11.5 Å². The van der Waals surface area contributed by atoms with E-state index in [1.165, 1.54) is 7.11 Å². The van der Waals surface area contributed by atoms with Crippen molar-refractivity contribution in [2.24, 2.45) is 10.9 Å². The number of hydrogen-bond acceptors (Lipinski definition) is 7. The first-order chi connectivity index (χ1) is 15.3. The lowest BCUT2D eigenvalue weighted by Crippen LogP contribution is -2.49. The van der Waals surface area contributed by atoms with Crippen molar-refractivity contribution in [2.75, 3.05) is 27.9 Å². The third-order valence-corrected chi connectivity index (χ3v) is 4.91. The first-order valence-electron chi connectivity index (χ1n) is 10.2. The lowest BCUT2D eigenvalue weighted by molar-refractivity contribution is -0.146. The maximum atomic E-state index is 12.9. The Labute approximate surface area is 188 Å². The van der Waals surface area contributed by atoms with E-state index in [0.29, 0.717) is 17.2 Å². The van der Waals surface area contributed by atoms with Gasteiger partial charge in [0.2, 0.25) is 5.91 Å². The zero-order chi connectivity index (χ0) is 23.7. The van der Waals surface area contributed by atoms with Gasteiger partial charge in [0.05, 0.1) is 33.6 Å². The van der Waals surface area contributed by atoms with Crippen molar-refractivity contribution >= 4 is 17.6 Å². The molecule has 0 aliphatic rings. The number of rotatable bonds is 10. The molecule has 0 aliphatic carbocycles. The molecule has 2 aromatic carbocycles. The molecule has 32 heavy (non-hydrogen) atoms. The van der Waals surface area contributed by atoms with E-state index < -0.39 is 30.6 Å². The van der Waals surface area contributed by atoms with Crippen LogP contribution in [0.1, 0.15) is 25.0 Å².